The molecule has 11 heavy (non-hydrogen) atoms. The van der Waals surface area contributed by atoms with E-state index in [2.05, 4.69) is 11.8 Å². The lowest BCUT2D eigenvalue weighted by atomic mass is 9.94. The standard InChI is InChI=1S/C9H15NO/c1-7-2-3-8-9(11)4-5-10(8)6-7/h7-8H,2-6H2,1H3. The Balaban J connectivity index is 2.06. The molecule has 2 rings (SSSR count). The van der Waals surface area contributed by atoms with E-state index in [4.69, 9.17) is 0 Å². The number of carbonyl (C=O) groups excluding carboxylic acids is 1. The number of ketones is 1. The van der Waals surface area contributed by atoms with Gasteiger partial charge in [-0.15, -0.1) is 0 Å². The number of hydrogen-bond acceptors (Lipinski definition) is 2. The molecule has 0 N–H and O–H groups in total. The van der Waals surface area contributed by atoms with Gasteiger partial charge in [0.15, 0.2) is 5.78 Å². The van der Waals surface area contributed by atoms with Gasteiger partial charge in [-0.2, -0.15) is 0 Å². The van der Waals surface area contributed by atoms with E-state index < -0.39 is 0 Å². The third kappa shape index (κ3) is 1.20. The van der Waals surface area contributed by atoms with Crippen LogP contribution in [-0.2, 0) is 4.79 Å². The lowest BCUT2D eigenvalue weighted by Gasteiger charge is -2.32. The fraction of sp³-hybridized carbons (Fsp3) is 0.889. The van der Waals surface area contributed by atoms with Crippen LogP contribution in [-0.4, -0.2) is 29.8 Å². The number of carbonyl (C=O) groups is 1. The fourth-order valence-electron chi connectivity index (χ4n) is 2.28. The molecular formula is C9H15NO. The highest BCUT2D eigenvalue weighted by molar-refractivity contribution is 5.86. The monoisotopic (exact) mass is 153 g/mol. The van der Waals surface area contributed by atoms with Crippen molar-refractivity contribution in [2.24, 2.45) is 5.92 Å². The van der Waals surface area contributed by atoms with E-state index in [0.717, 1.165) is 31.8 Å². The summed E-state index contributed by atoms with van der Waals surface area (Å²) in [7, 11) is 0. The summed E-state index contributed by atoms with van der Waals surface area (Å²) in [6.45, 7) is 4.45. The third-order valence-corrected chi connectivity index (χ3v) is 2.94. The van der Waals surface area contributed by atoms with Crippen molar-refractivity contribution in [1.29, 1.82) is 0 Å². The van der Waals surface area contributed by atoms with Gasteiger partial charge in [0.2, 0.25) is 0 Å². The second-order valence-corrected chi connectivity index (χ2v) is 3.91. The van der Waals surface area contributed by atoms with Crippen LogP contribution in [0.15, 0.2) is 0 Å². The maximum Gasteiger partial charge on any atom is 0.151 e. The number of Topliss-reactive ketones (excluding diaryl/α,β-unsaturated/α-hetero) is 1. The molecule has 2 fully saturated rings. The van der Waals surface area contributed by atoms with E-state index in [9.17, 15) is 4.79 Å². The lowest BCUT2D eigenvalue weighted by molar-refractivity contribution is -0.120. The zero-order valence-electron chi connectivity index (χ0n) is 7.05. The molecule has 2 nitrogen and oxygen atoms in total. The van der Waals surface area contributed by atoms with E-state index in [1.807, 2.05) is 0 Å². The van der Waals surface area contributed by atoms with E-state index in [1.54, 1.807) is 0 Å². The molecule has 0 aromatic rings. The first-order chi connectivity index (χ1) is 5.27. The lowest BCUT2D eigenvalue weighted by Crippen LogP contribution is -2.40. The molecule has 0 spiro atoms. The van der Waals surface area contributed by atoms with E-state index in [0.29, 0.717) is 11.8 Å². The van der Waals surface area contributed by atoms with Crippen LogP contribution >= 0.6 is 0 Å². The second kappa shape index (κ2) is 2.59. The Bertz CT molecular complexity index is 178. The summed E-state index contributed by atoms with van der Waals surface area (Å²) in [4.78, 5) is 13.6. The summed E-state index contributed by atoms with van der Waals surface area (Å²) in [5, 5.41) is 0. The molecule has 2 heteroatoms. The molecule has 2 aliphatic rings. The van der Waals surface area contributed by atoms with Crippen molar-refractivity contribution in [3.63, 3.8) is 0 Å². The summed E-state index contributed by atoms with van der Waals surface area (Å²) >= 11 is 0. The van der Waals surface area contributed by atoms with Gasteiger partial charge in [0.05, 0.1) is 6.04 Å². The molecule has 0 saturated carbocycles. The molecule has 2 atom stereocenters. The molecule has 0 bridgehead atoms. The maximum absolute atomic E-state index is 11.3. The first-order valence-corrected chi connectivity index (χ1v) is 4.54. The first-order valence-electron chi connectivity index (χ1n) is 4.54. The van der Waals surface area contributed by atoms with Gasteiger partial charge in [0.1, 0.15) is 0 Å². The van der Waals surface area contributed by atoms with Crippen LogP contribution in [0.3, 0.4) is 0 Å². The largest absolute Gasteiger partial charge is 0.298 e. The smallest absolute Gasteiger partial charge is 0.151 e. The van der Waals surface area contributed by atoms with Gasteiger partial charge in [0, 0.05) is 19.5 Å². The quantitative estimate of drug-likeness (QED) is 0.518. The summed E-state index contributed by atoms with van der Waals surface area (Å²) in [5.41, 5.74) is 0. The highest BCUT2D eigenvalue weighted by atomic mass is 16.1. The zero-order chi connectivity index (χ0) is 7.84. The van der Waals surface area contributed by atoms with Crippen LogP contribution in [0.4, 0.5) is 0 Å². The molecule has 2 unspecified atom stereocenters. The van der Waals surface area contributed by atoms with E-state index >= 15 is 0 Å². The Morgan fingerprint density at radius 1 is 1.45 bits per heavy atom. The van der Waals surface area contributed by atoms with Gasteiger partial charge in [-0.1, -0.05) is 6.92 Å². The Labute approximate surface area is 67.6 Å². The summed E-state index contributed by atoms with van der Waals surface area (Å²) in [5.74, 6) is 1.29. The average molecular weight is 153 g/mol. The van der Waals surface area contributed by atoms with Crippen LogP contribution in [0.2, 0.25) is 0 Å². The molecule has 0 aliphatic carbocycles. The van der Waals surface area contributed by atoms with Crippen molar-refractivity contribution in [1.82, 2.24) is 4.90 Å². The summed E-state index contributed by atoms with van der Waals surface area (Å²) < 4.78 is 0. The molecule has 0 aromatic carbocycles. The zero-order valence-corrected chi connectivity index (χ0v) is 7.05. The van der Waals surface area contributed by atoms with Gasteiger partial charge in [-0.3, -0.25) is 9.69 Å². The van der Waals surface area contributed by atoms with Crippen LogP contribution in [0.1, 0.15) is 26.2 Å². The third-order valence-electron chi connectivity index (χ3n) is 2.94. The molecule has 0 aromatic heterocycles. The van der Waals surface area contributed by atoms with Crippen molar-refractivity contribution < 1.29 is 4.79 Å². The van der Waals surface area contributed by atoms with E-state index in [-0.39, 0.29) is 0 Å². The van der Waals surface area contributed by atoms with Gasteiger partial charge in [-0.05, 0) is 18.8 Å². The Hall–Kier alpha value is -0.370. The highest BCUT2D eigenvalue weighted by Gasteiger charge is 2.35. The van der Waals surface area contributed by atoms with Crippen LogP contribution in [0.5, 0.6) is 0 Å². The van der Waals surface area contributed by atoms with E-state index in [1.165, 1.54) is 6.42 Å². The first kappa shape index (κ1) is 7.29. The SMILES string of the molecule is CC1CCC2C(=O)CCN2C1. The topological polar surface area (TPSA) is 20.3 Å². The van der Waals surface area contributed by atoms with Crippen molar-refractivity contribution >= 4 is 5.78 Å². The average Bonchev–Trinajstić information content (AvgIpc) is 2.32. The highest BCUT2D eigenvalue weighted by Crippen LogP contribution is 2.26. The van der Waals surface area contributed by atoms with Crippen LogP contribution in [0, 0.1) is 5.92 Å². The second-order valence-electron chi connectivity index (χ2n) is 3.91. The van der Waals surface area contributed by atoms with Crippen LogP contribution < -0.4 is 0 Å². The molecule has 62 valence electrons. The number of nitrogens with zero attached hydrogens (tertiary/aromatic N) is 1. The summed E-state index contributed by atoms with van der Waals surface area (Å²) in [6, 6.07) is 0.311. The number of hydrogen-bond donors (Lipinski definition) is 0. The number of fused-ring (bicyclic) bond motifs is 1. The Morgan fingerprint density at radius 3 is 3.09 bits per heavy atom. The number of piperidine rings is 1. The van der Waals surface area contributed by atoms with Crippen molar-refractivity contribution in [3.8, 4) is 0 Å². The van der Waals surface area contributed by atoms with Gasteiger partial charge >= 0.3 is 0 Å². The minimum atomic E-state index is 0.311. The minimum absolute atomic E-state index is 0.311. The molecule has 2 aliphatic heterocycles. The minimum Gasteiger partial charge on any atom is -0.298 e. The summed E-state index contributed by atoms with van der Waals surface area (Å²) in [6.07, 6.45) is 3.16. The predicted octanol–water partition coefficient (Wildman–Crippen LogP) is 1.06. The molecule has 2 heterocycles. The van der Waals surface area contributed by atoms with Gasteiger partial charge in [0.25, 0.3) is 0 Å². The molecule has 0 radical (unpaired) electrons. The van der Waals surface area contributed by atoms with Crippen molar-refractivity contribution in [2.45, 2.75) is 32.2 Å². The molecule has 0 amide bonds. The maximum atomic E-state index is 11.3. The predicted molar refractivity (Wildman–Crippen MR) is 43.4 cm³/mol. The normalized spacial score (nSPS) is 39.2. The molecule has 2 saturated heterocycles. The van der Waals surface area contributed by atoms with Crippen molar-refractivity contribution in [2.75, 3.05) is 13.1 Å². The van der Waals surface area contributed by atoms with Gasteiger partial charge < -0.3 is 0 Å². The Morgan fingerprint density at radius 2 is 2.27 bits per heavy atom. The van der Waals surface area contributed by atoms with Crippen molar-refractivity contribution in [3.05, 3.63) is 0 Å². The van der Waals surface area contributed by atoms with Crippen LogP contribution in [0.25, 0.3) is 0 Å². The van der Waals surface area contributed by atoms with Gasteiger partial charge in [-0.25, -0.2) is 0 Å². The fourth-order valence-corrected chi connectivity index (χ4v) is 2.28. The Kier molecular flexibility index (Phi) is 1.72. The molecular weight excluding hydrogens is 138 g/mol. The number of rotatable bonds is 0.